The van der Waals surface area contributed by atoms with Crippen molar-refractivity contribution in [3.63, 3.8) is 0 Å². The number of aliphatic hydroxyl groups excluding tert-OH is 1. The number of likely N-dealkylation sites (tertiary alicyclic amines) is 1. The number of alkyl halides is 4. The molecule has 2 fully saturated rings. The Morgan fingerprint density at radius 3 is 2.68 bits per heavy atom. The van der Waals surface area contributed by atoms with Crippen molar-refractivity contribution in [2.45, 2.75) is 38.2 Å². The Kier molecular flexibility index (Phi) is 6.72. The molecule has 2 aliphatic rings. The van der Waals surface area contributed by atoms with Gasteiger partial charge in [-0.25, -0.2) is 14.4 Å². The SMILES string of the molecule is Cc1[nH]c2c(-c3cc(C(F)(F)F)ccc3OCC3CC3)ncnc2c1C(=O)N[C@H]1CN(C(=O)CO)C[C@H]1F. The predicted molar refractivity (Wildman–Crippen MR) is 127 cm³/mol. The topological polar surface area (TPSA) is 120 Å². The van der Waals surface area contributed by atoms with Crippen LogP contribution in [0.1, 0.15) is 34.5 Å². The third-order valence-corrected chi connectivity index (χ3v) is 6.79. The Morgan fingerprint density at radius 1 is 1.24 bits per heavy atom. The summed E-state index contributed by atoms with van der Waals surface area (Å²) in [6, 6.07) is 2.16. The average molecular weight is 535 g/mol. The number of ether oxygens (including phenoxy) is 1. The minimum absolute atomic E-state index is 0.0789. The smallest absolute Gasteiger partial charge is 0.416 e. The van der Waals surface area contributed by atoms with E-state index in [9.17, 15) is 27.2 Å². The van der Waals surface area contributed by atoms with E-state index in [-0.39, 0.29) is 46.7 Å². The summed E-state index contributed by atoms with van der Waals surface area (Å²) in [4.78, 5) is 37.4. The molecule has 1 saturated heterocycles. The molecule has 2 amide bonds. The molecule has 1 aromatic carbocycles. The molecule has 2 aromatic heterocycles. The molecule has 1 aliphatic carbocycles. The molecule has 0 radical (unpaired) electrons. The molecule has 0 unspecified atom stereocenters. The van der Waals surface area contributed by atoms with Crippen LogP contribution in [0.3, 0.4) is 0 Å². The van der Waals surface area contributed by atoms with Crippen LogP contribution in [-0.2, 0) is 11.0 Å². The quantitative estimate of drug-likeness (QED) is 0.400. The summed E-state index contributed by atoms with van der Waals surface area (Å²) in [6.07, 6.45) is -3.01. The van der Waals surface area contributed by atoms with Gasteiger partial charge in [0.05, 0.1) is 35.8 Å². The minimum Gasteiger partial charge on any atom is -0.493 e. The Bertz CT molecular complexity index is 1390. The number of rotatable bonds is 7. The highest BCUT2D eigenvalue weighted by atomic mass is 19.4. The Labute approximate surface area is 214 Å². The number of carbonyl (C=O) groups is 2. The van der Waals surface area contributed by atoms with Gasteiger partial charge in [0.2, 0.25) is 5.91 Å². The van der Waals surface area contributed by atoms with E-state index in [1.54, 1.807) is 6.92 Å². The fourth-order valence-corrected chi connectivity index (χ4v) is 4.56. The van der Waals surface area contributed by atoms with Gasteiger partial charge in [0, 0.05) is 17.8 Å². The van der Waals surface area contributed by atoms with Gasteiger partial charge in [0.1, 0.15) is 36.1 Å². The van der Waals surface area contributed by atoms with Crippen molar-refractivity contribution in [2.24, 2.45) is 5.92 Å². The van der Waals surface area contributed by atoms with E-state index < -0.39 is 42.4 Å². The molecule has 9 nitrogen and oxygen atoms in total. The standard InChI is InChI=1S/C25H25F4N5O4/c1-12-20(24(37)33-17-8-34(7-16(17)26)19(36)9-35)22-23(32-12)21(30-11-31-22)15-6-14(25(27,28)29)4-5-18(15)38-10-13-2-3-13/h4-6,11,13,16-17,32,35H,2-3,7-10H2,1H3,(H,33,37)/t16-,17+/m1/s1. The molecule has 0 spiro atoms. The molecule has 3 aromatic rings. The average Bonchev–Trinajstić information content (AvgIpc) is 3.55. The monoisotopic (exact) mass is 535 g/mol. The number of aromatic nitrogens is 3. The van der Waals surface area contributed by atoms with Crippen molar-refractivity contribution in [1.29, 1.82) is 0 Å². The summed E-state index contributed by atoms with van der Waals surface area (Å²) in [6.45, 7) is 0.810. The van der Waals surface area contributed by atoms with E-state index >= 15 is 0 Å². The maximum Gasteiger partial charge on any atom is 0.416 e. The maximum absolute atomic E-state index is 14.5. The number of aliphatic hydroxyl groups is 1. The number of amides is 2. The second kappa shape index (κ2) is 9.86. The van der Waals surface area contributed by atoms with Crippen LogP contribution in [-0.4, -0.2) is 75.3 Å². The molecule has 1 saturated carbocycles. The maximum atomic E-state index is 14.5. The number of H-pyrrole nitrogens is 1. The molecule has 3 N–H and O–H groups in total. The first-order valence-corrected chi connectivity index (χ1v) is 12.1. The van der Waals surface area contributed by atoms with Gasteiger partial charge in [-0.05, 0) is 43.9 Å². The lowest BCUT2D eigenvalue weighted by Crippen LogP contribution is -2.42. The Balaban J connectivity index is 1.50. The van der Waals surface area contributed by atoms with Gasteiger partial charge >= 0.3 is 6.18 Å². The van der Waals surface area contributed by atoms with Gasteiger partial charge in [0.15, 0.2) is 0 Å². The van der Waals surface area contributed by atoms with Gasteiger partial charge in [-0.3, -0.25) is 9.59 Å². The lowest BCUT2D eigenvalue weighted by molar-refractivity contribution is -0.137. The molecule has 3 heterocycles. The molecule has 13 heteroatoms. The highest BCUT2D eigenvalue weighted by Crippen LogP contribution is 2.40. The summed E-state index contributed by atoms with van der Waals surface area (Å²) < 4.78 is 61.0. The Morgan fingerprint density at radius 2 is 2.00 bits per heavy atom. The molecular formula is C25H25F4N5O4. The van der Waals surface area contributed by atoms with E-state index in [0.29, 0.717) is 18.2 Å². The number of halogens is 4. The number of hydrogen-bond donors (Lipinski definition) is 3. The zero-order valence-corrected chi connectivity index (χ0v) is 20.3. The van der Waals surface area contributed by atoms with Gasteiger partial charge in [0.25, 0.3) is 5.91 Å². The number of hydrogen-bond acceptors (Lipinski definition) is 6. The van der Waals surface area contributed by atoms with Crippen LogP contribution in [0.2, 0.25) is 0 Å². The summed E-state index contributed by atoms with van der Waals surface area (Å²) in [7, 11) is 0. The lowest BCUT2D eigenvalue weighted by atomic mass is 10.0. The summed E-state index contributed by atoms with van der Waals surface area (Å²) in [5.41, 5.74) is 0.144. The molecule has 5 rings (SSSR count). The van der Waals surface area contributed by atoms with Gasteiger partial charge in [-0.1, -0.05) is 0 Å². The fraction of sp³-hybridized carbons (Fsp3) is 0.440. The van der Waals surface area contributed by atoms with Crippen molar-refractivity contribution in [1.82, 2.24) is 25.2 Å². The lowest BCUT2D eigenvalue weighted by Gasteiger charge is -2.16. The number of aromatic amines is 1. The predicted octanol–water partition coefficient (Wildman–Crippen LogP) is 3.01. The van der Waals surface area contributed by atoms with E-state index in [4.69, 9.17) is 9.84 Å². The van der Waals surface area contributed by atoms with Crippen LogP contribution in [0.15, 0.2) is 24.5 Å². The summed E-state index contributed by atoms with van der Waals surface area (Å²) >= 11 is 0. The third-order valence-electron chi connectivity index (χ3n) is 6.79. The fourth-order valence-electron chi connectivity index (χ4n) is 4.56. The molecule has 2 atom stereocenters. The molecule has 38 heavy (non-hydrogen) atoms. The van der Waals surface area contributed by atoms with Gasteiger partial charge in [-0.15, -0.1) is 0 Å². The zero-order valence-electron chi connectivity index (χ0n) is 20.3. The van der Waals surface area contributed by atoms with E-state index in [1.807, 2.05) is 0 Å². The largest absolute Gasteiger partial charge is 0.493 e. The minimum atomic E-state index is -4.60. The highest BCUT2D eigenvalue weighted by Gasteiger charge is 2.37. The first-order valence-electron chi connectivity index (χ1n) is 12.1. The number of nitrogens with one attached hydrogen (secondary N) is 2. The van der Waals surface area contributed by atoms with Crippen LogP contribution < -0.4 is 10.1 Å². The van der Waals surface area contributed by atoms with Gasteiger partial charge < -0.3 is 25.0 Å². The zero-order chi connectivity index (χ0) is 27.2. The number of aryl methyl sites for hydroxylation is 1. The first kappa shape index (κ1) is 25.9. The molecule has 1 aliphatic heterocycles. The van der Waals surface area contributed by atoms with Crippen molar-refractivity contribution < 1.29 is 37.0 Å². The van der Waals surface area contributed by atoms with E-state index in [2.05, 4.69) is 20.3 Å². The van der Waals surface area contributed by atoms with Crippen LogP contribution in [0.4, 0.5) is 17.6 Å². The molecule has 202 valence electrons. The van der Waals surface area contributed by atoms with E-state index in [0.717, 1.165) is 36.2 Å². The Hall–Kier alpha value is -3.74. The summed E-state index contributed by atoms with van der Waals surface area (Å²) in [5.74, 6) is -0.732. The normalized spacial score (nSPS) is 19.7. The van der Waals surface area contributed by atoms with Gasteiger partial charge in [-0.2, -0.15) is 13.2 Å². The van der Waals surface area contributed by atoms with Crippen molar-refractivity contribution >= 4 is 22.8 Å². The van der Waals surface area contributed by atoms with Crippen molar-refractivity contribution in [3.05, 3.63) is 41.3 Å². The second-order valence-corrected chi connectivity index (χ2v) is 9.59. The third kappa shape index (κ3) is 5.02. The number of fused-ring (bicyclic) bond motifs is 1. The highest BCUT2D eigenvalue weighted by molar-refractivity contribution is 6.09. The van der Waals surface area contributed by atoms with Crippen molar-refractivity contribution in [3.8, 4) is 17.0 Å². The first-order chi connectivity index (χ1) is 18.1. The van der Waals surface area contributed by atoms with Crippen molar-refractivity contribution in [2.75, 3.05) is 26.3 Å². The number of carbonyl (C=O) groups excluding carboxylic acids is 2. The number of nitrogens with zero attached hydrogens (tertiary/aromatic N) is 3. The van der Waals surface area contributed by atoms with Crippen LogP contribution in [0.5, 0.6) is 5.75 Å². The van der Waals surface area contributed by atoms with Crippen LogP contribution in [0, 0.1) is 12.8 Å². The second-order valence-electron chi connectivity index (χ2n) is 9.59. The van der Waals surface area contributed by atoms with Crippen LogP contribution >= 0.6 is 0 Å². The van der Waals surface area contributed by atoms with Crippen LogP contribution in [0.25, 0.3) is 22.3 Å². The molecule has 0 bridgehead atoms. The molecular weight excluding hydrogens is 510 g/mol. The number of benzene rings is 1. The summed E-state index contributed by atoms with van der Waals surface area (Å²) in [5, 5.41) is 11.6. The van der Waals surface area contributed by atoms with E-state index in [1.165, 1.54) is 6.07 Å².